The predicted molar refractivity (Wildman–Crippen MR) is 78.3 cm³/mol. The molecule has 1 fully saturated rings. The molecule has 0 unspecified atom stereocenters. The predicted octanol–water partition coefficient (Wildman–Crippen LogP) is 1.23. The van der Waals surface area contributed by atoms with Gasteiger partial charge in [0, 0.05) is 12.6 Å². The van der Waals surface area contributed by atoms with Crippen LogP contribution in [0.3, 0.4) is 0 Å². The number of benzene rings is 1. The first kappa shape index (κ1) is 14.5. The summed E-state index contributed by atoms with van der Waals surface area (Å²) in [5.74, 6) is 0.0928. The van der Waals surface area contributed by atoms with E-state index >= 15 is 0 Å². The molecule has 2 rings (SSSR count). The standard InChI is InChI=1S/C14H21N3O3/c1-3-20-14(18)9-6-11(13(15)12(7-9)19-2)17-8-10-4-5-16-10/h6-7,10,16-17H,3-5,8,15H2,1-2H3/t10-/m0/s1. The highest BCUT2D eigenvalue weighted by Crippen LogP contribution is 2.31. The van der Waals surface area contributed by atoms with E-state index in [1.807, 2.05) is 0 Å². The maximum atomic E-state index is 11.8. The van der Waals surface area contributed by atoms with Crippen molar-refractivity contribution in [1.82, 2.24) is 5.32 Å². The highest BCUT2D eigenvalue weighted by molar-refractivity contribution is 5.93. The van der Waals surface area contributed by atoms with Gasteiger partial charge in [0.2, 0.25) is 0 Å². The number of hydrogen-bond acceptors (Lipinski definition) is 6. The van der Waals surface area contributed by atoms with Crippen LogP contribution < -0.4 is 21.1 Å². The largest absolute Gasteiger partial charge is 0.494 e. The van der Waals surface area contributed by atoms with E-state index in [0.29, 0.717) is 35.3 Å². The number of carbonyl (C=O) groups is 1. The van der Waals surface area contributed by atoms with E-state index in [-0.39, 0.29) is 5.97 Å². The summed E-state index contributed by atoms with van der Waals surface area (Å²) in [6, 6.07) is 3.75. The minimum Gasteiger partial charge on any atom is -0.494 e. The van der Waals surface area contributed by atoms with Crippen molar-refractivity contribution >= 4 is 17.3 Å². The van der Waals surface area contributed by atoms with Gasteiger partial charge in [-0.2, -0.15) is 0 Å². The topological polar surface area (TPSA) is 85.6 Å². The summed E-state index contributed by atoms with van der Waals surface area (Å²) in [6.45, 7) is 3.92. The molecule has 1 heterocycles. The molecular weight excluding hydrogens is 258 g/mol. The molecule has 0 aliphatic carbocycles. The number of esters is 1. The third-order valence-corrected chi connectivity index (χ3v) is 3.34. The van der Waals surface area contributed by atoms with E-state index in [1.54, 1.807) is 19.1 Å². The first-order chi connectivity index (χ1) is 9.65. The lowest BCUT2D eigenvalue weighted by molar-refractivity contribution is 0.0526. The van der Waals surface area contributed by atoms with Gasteiger partial charge in [-0.3, -0.25) is 0 Å². The summed E-state index contributed by atoms with van der Waals surface area (Å²) >= 11 is 0. The zero-order chi connectivity index (χ0) is 14.5. The minimum absolute atomic E-state index is 0.334. The van der Waals surface area contributed by atoms with Gasteiger partial charge in [-0.05, 0) is 32.0 Å². The van der Waals surface area contributed by atoms with Crippen LogP contribution in [0.1, 0.15) is 23.7 Å². The Balaban J connectivity index is 2.18. The van der Waals surface area contributed by atoms with Crippen LogP contribution in [0.2, 0.25) is 0 Å². The summed E-state index contributed by atoms with van der Waals surface area (Å²) in [5.41, 5.74) is 7.65. The van der Waals surface area contributed by atoms with Gasteiger partial charge in [-0.25, -0.2) is 4.79 Å². The summed E-state index contributed by atoms with van der Waals surface area (Å²) in [5, 5.41) is 6.55. The zero-order valence-corrected chi connectivity index (χ0v) is 11.9. The maximum absolute atomic E-state index is 11.8. The number of methoxy groups -OCH3 is 1. The highest BCUT2D eigenvalue weighted by Gasteiger charge is 2.18. The average Bonchev–Trinajstić information content (AvgIpc) is 2.39. The van der Waals surface area contributed by atoms with Crippen LogP contribution in [0.15, 0.2) is 12.1 Å². The fraction of sp³-hybridized carbons (Fsp3) is 0.500. The molecule has 4 N–H and O–H groups in total. The molecule has 6 nitrogen and oxygen atoms in total. The third-order valence-electron chi connectivity index (χ3n) is 3.34. The minimum atomic E-state index is -0.379. The number of rotatable bonds is 6. The molecule has 1 atom stereocenters. The lowest BCUT2D eigenvalue weighted by Crippen LogP contribution is -2.47. The van der Waals surface area contributed by atoms with Gasteiger partial charge in [0.1, 0.15) is 5.75 Å². The van der Waals surface area contributed by atoms with E-state index < -0.39 is 0 Å². The maximum Gasteiger partial charge on any atom is 0.338 e. The van der Waals surface area contributed by atoms with Crippen LogP contribution in [-0.2, 0) is 4.74 Å². The molecule has 1 aliphatic rings. The SMILES string of the molecule is CCOC(=O)c1cc(NC[C@@H]2CCN2)c(N)c(OC)c1. The van der Waals surface area contributed by atoms with Crippen LogP contribution in [-0.4, -0.2) is 38.8 Å². The Morgan fingerprint density at radius 1 is 1.55 bits per heavy atom. The second-order valence-corrected chi connectivity index (χ2v) is 4.68. The van der Waals surface area contributed by atoms with E-state index in [9.17, 15) is 4.79 Å². The van der Waals surface area contributed by atoms with E-state index in [0.717, 1.165) is 19.5 Å². The van der Waals surface area contributed by atoms with Gasteiger partial charge < -0.3 is 25.8 Å². The second-order valence-electron chi connectivity index (χ2n) is 4.68. The Bertz CT molecular complexity index is 487. The number of nitrogens with one attached hydrogen (secondary N) is 2. The smallest absolute Gasteiger partial charge is 0.338 e. The third kappa shape index (κ3) is 3.14. The van der Waals surface area contributed by atoms with E-state index in [4.69, 9.17) is 15.2 Å². The average molecular weight is 279 g/mol. The van der Waals surface area contributed by atoms with Gasteiger partial charge in [0.25, 0.3) is 0 Å². The monoisotopic (exact) mass is 279 g/mol. The molecule has 1 aromatic carbocycles. The highest BCUT2D eigenvalue weighted by atomic mass is 16.5. The van der Waals surface area contributed by atoms with Crippen molar-refractivity contribution in [2.45, 2.75) is 19.4 Å². The van der Waals surface area contributed by atoms with Crippen molar-refractivity contribution < 1.29 is 14.3 Å². The van der Waals surface area contributed by atoms with Crippen LogP contribution in [0.25, 0.3) is 0 Å². The van der Waals surface area contributed by atoms with Crippen molar-refractivity contribution in [1.29, 1.82) is 0 Å². The van der Waals surface area contributed by atoms with Crippen molar-refractivity contribution in [3.05, 3.63) is 17.7 Å². The molecule has 6 heteroatoms. The molecule has 1 aliphatic heterocycles. The number of hydrogen-bond donors (Lipinski definition) is 3. The molecule has 1 saturated heterocycles. The zero-order valence-electron chi connectivity index (χ0n) is 11.9. The Morgan fingerprint density at radius 3 is 2.85 bits per heavy atom. The fourth-order valence-electron chi connectivity index (χ4n) is 2.03. The number of nitrogen functional groups attached to an aromatic ring is 1. The van der Waals surface area contributed by atoms with Gasteiger partial charge in [-0.1, -0.05) is 0 Å². The van der Waals surface area contributed by atoms with Gasteiger partial charge in [-0.15, -0.1) is 0 Å². The Kier molecular flexibility index (Phi) is 4.68. The normalized spacial score (nSPS) is 17.2. The van der Waals surface area contributed by atoms with Crippen molar-refractivity contribution in [3.63, 3.8) is 0 Å². The van der Waals surface area contributed by atoms with Crippen LogP contribution >= 0.6 is 0 Å². The molecule has 0 bridgehead atoms. The molecule has 1 aromatic rings. The van der Waals surface area contributed by atoms with Gasteiger partial charge in [0.05, 0.1) is 30.7 Å². The fourth-order valence-corrected chi connectivity index (χ4v) is 2.03. The van der Waals surface area contributed by atoms with Gasteiger partial charge in [0.15, 0.2) is 0 Å². The number of carbonyl (C=O) groups excluding carboxylic acids is 1. The molecule has 0 radical (unpaired) electrons. The molecule has 20 heavy (non-hydrogen) atoms. The molecule has 0 spiro atoms. The van der Waals surface area contributed by atoms with Crippen LogP contribution in [0, 0.1) is 0 Å². The lowest BCUT2D eigenvalue weighted by Gasteiger charge is -2.28. The number of nitrogens with two attached hydrogens (primary N) is 1. The molecule has 0 amide bonds. The summed E-state index contributed by atoms with van der Waals surface area (Å²) < 4.78 is 10.2. The molecule has 0 aromatic heterocycles. The lowest BCUT2D eigenvalue weighted by atomic mass is 10.1. The molecule has 0 saturated carbocycles. The Hall–Kier alpha value is -1.95. The van der Waals surface area contributed by atoms with E-state index in [1.165, 1.54) is 7.11 Å². The van der Waals surface area contributed by atoms with Gasteiger partial charge >= 0.3 is 5.97 Å². The summed E-state index contributed by atoms with van der Waals surface area (Å²) in [4.78, 5) is 11.8. The molecular formula is C14H21N3O3. The first-order valence-electron chi connectivity index (χ1n) is 6.77. The van der Waals surface area contributed by atoms with Crippen molar-refractivity contribution in [2.75, 3.05) is 37.9 Å². The second kappa shape index (κ2) is 6.47. The van der Waals surface area contributed by atoms with E-state index in [2.05, 4.69) is 10.6 Å². The number of ether oxygens (including phenoxy) is 2. The van der Waals surface area contributed by atoms with Crippen molar-refractivity contribution in [2.24, 2.45) is 0 Å². The molecule has 110 valence electrons. The summed E-state index contributed by atoms with van der Waals surface area (Å²) in [6.07, 6.45) is 1.14. The van der Waals surface area contributed by atoms with Crippen LogP contribution in [0.4, 0.5) is 11.4 Å². The summed E-state index contributed by atoms with van der Waals surface area (Å²) in [7, 11) is 1.53. The first-order valence-corrected chi connectivity index (χ1v) is 6.77. The van der Waals surface area contributed by atoms with Crippen molar-refractivity contribution in [3.8, 4) is 5.75 Å². The Morgan fingerprint density at radius 2 is 2.30 bits per heavy atom. The van der Waals surface area contributed by atoms with Crippen LogP contribution in [0.5, 0.6) is 5.75 Å². The quantitative estimate of drug-likeness (QED) is 0.536. The Labute approximate surface area is 118 Å². The number of anilines is 2.